The highest BCUT2D eigenvalue weighted by molar-refractivity contribution is 5.88. The highest BCUT2D eigenvalue weighted by atomic mass is 19.1. The highest BCUT2D eigenvalue weighted by Gasteiger charge is 2.07. The second kappa shape index (κ2) is 7.40. The van der Waals surface area contributed by atoms with Crippen LogP contribution < -0.4 is 9.47 Å². The molecule has 0 radical (unpaired) electrons. The Kier molecular flexibility index (Phi) is 5.31. The van der Waals surface area contributed by atoms with Gasteiger partial charge in [0.05, 0.1) is 7.11 Å². The second-order valence-electron chi connectivity index (χ2n) is 4.96. The van der Waals surface area contributed by atoms with Gasteiger partial charge in [-0.3, -0.25) is 0 Å². The van der Waals surface area contributed by atoms with Crippen LogP contribution in [0.4, 0.5) is 4.39 Å². The van der Waals surface area contributed by atoms with E-state index in [1.54, 1.807) is 25.3 Å². The van der Waals surface area contributed by atoms with Crippen molar-refractivity contribution in [2.24, 2.45) is 0 Å². The van der Waals surface area contributed by atoms with Gasteiger partial charge in [0.25, 0.3) is 0 Å². The van der Waals surface area contributed by atoms with Gasteiger partial charge < -0.3 is 9.47 Å². The zero-order valence-electron chi connectivity index (χ0n) is 13.0. The molecule has 2 aromatic rings. The van der Waals surface area contributed by atoms with Crippen molar-refractivity contribution < 1.29 is 18.7 Å². The molecule has 23 heavy (non-hydrogen) atoms. The van der Waals surface area contributed by atoms with E-state index in [0.717, 1.165) is 11.3 Å². The molecule has 3 nitrogen and oxygen atoms in total. The Bertz CT molecular complexity index is 746. The van der Waals surface area contributed by atoms with Crippen molar-refractivity contribution >= 4 is 18.1 Å². The van der Waals surface area contributed by atoms with Crippen LogP contribution in [0.25, 0.3) is 12.2 Å². The lowest BCUT2D eigenvalue weighted by Gasteiger charge is -2.05. The quantitative estimate of drug-likeness (QED) is 0.353. The van der Waals surface area contributed by atoms with Crippen molar-refractivity contribution in [1.82, 2.24) is 0 Å². The molecule has 0 saturated carbocycles. The van der Waals surface area contributed by atoms with Crippen molar-refractivity contribution in [3.63, 3.8) is 0 Å². The van der Waals surface area contributed by atoms with E-state index in [4.69, 9.17) is 9.47 Å². The maximum absolute atomic E-state index is 14.0. The van der Waals surface area contributed by atoms with E-state index in [9.17, 15) is 9.18 Å². The molecular formula is C19H17FO3. The molecule has 4 heteroatoms. The van der Waals surface area contributed by atoms with E-state index < -0.39 is 11.8 Å². The van der Waals surface area contributed by atoms with Gasteiger partial charge in [-0.1, -0.05) is 30.9 Å². The molecule has 118 valence electrons. The number of esters is 1. The van der Waals surface area contributed by atoms with E-state index in [1.807, 2.05) is 24.3 Å². The maximum atomic E-state index is 14.0. The lowest BCUT2D eigenvalue weighted by atomic mass is 10.1. The number of ether oxygens (including phenoxy) is 2. The first kappa shape index (κ1) is 16.5. The summed E-state index contributed by atoms with van der Waals surface area (Å²) in [6, 6.07) is 11.7. The van der Waals surface area contributed by atoms with Gasteiger partial charge in [0.2, 0.25) is 0 Å². The van der Waals surface area contributed by atoms with Gasteiger partial charge in [-0.25, -0.2) is 9.18 Å². The van der Waals surface area contributed by atoms with Crippen LogP contribution >= 0.6 is 0 Å². The molecular weight excluding hydrogens is 295 g/mol. The summed E-state index contributed by atoms with van der Waals surface area (Å²) in [6.45, 7) is 5.01. The van der Waals surface area contributed by atoms with Crippen molar-refractivity contribution in [2.75, 3.05) is 7.11 Å². The Labute approximate surface area is 134 Å². The van der Waals surface area contributed by atoms with Crippen LogP contribution in [0.5, 0.6) is 11.5 Å². The third-order valence-electron chi connectivity index (χ3n) is 3.10. The molecule has 0 unspecified atom stereocenters. The Morgan fingerprint density at radius 2 is 1.74 bits per heavy atom. The number of benzene rings is 2. The van der Waals surface area contributed by atoms with Gasteiger partial charge in [0, 0.05) is 17.2 Å². The average Bonchev–Trinajstić information content (AvgIpc) is 2.54. The molecule has 0 N–H and O–H groups in total. The first-order valence-corrected chi connectivity index (χ1v) is 6.99. The van der Waals surface area contributed by atoms with Gasteiger partial charge in [-0.05, 0) is 36.8 Å². The molecule has 0 bridgehead atoms. The molecule has 0 aliphatic carbocycles. The summed E-state index contributed by atoms with van der Waals surface area (Å²) in [4.78, 5) is 11.4. The number of hydrogen-bond acceptors (Lipinski definition) is 3. The molecule has 0 aromatic heterocycles. The minimum Gasteiger partial charge on any atom is -0.497 e. The SMILES string of the molecule is C=C(C)C(=O)Oc1ccc(/C=C/c2ccc(OC)cc2)c(F)c1. The number of methoxy groups -OCH3 is 1. The number of hydrogen-bond donors (Lipinski definition) is 0. The Morgan fingerprint density at radius 1 is 1.09 bits per heavy atom. The first-order chi connectivity index (χ1) is 11.0. The molecule has 0 spiro atoms. The monoisotopic (exact) mass is 312 g/mol. The fraction of sp³-hybridized carbons (Fsp3) is 0.105. The third-order valence-corrected chi connectivity index (χ3v) is 3.10. The van der Waals surface area contributed by atoms with Gasteiger partial charge in [-0.15, -0.1) is 0 Å². The third kappa shape index (κ3) is 4.54. The highest BCUT2D eigenvalue weighted by Crippen LogP contribution is 2.20. The minimum absolute atomic E-state index is 0.150. The van der Waals surface area contributed by atoms with Crippen molar-refractivity contribution in [3.05, 3.63) is 71.6 Å². The standard InChI is InChI=1S/C19H17FO3/c1-13(2)19(21)23-17-11-8-15(18(20)12-17)7-4-14-5-9-16(22-3)10-6-14/h4-12H,1H2,2-3H3/b7-4+. The summed E-state index contributed by atoms with van der Waals surface area (Å²) >= 11 is 0. The van der Waals surface area contributed by atoms with E-state index in [-0.39, 0.29) is 11.3 Å². The van der Waals surface area contributed by atoms with Gasteiger partial charge in [-0.2, -0.15) is 0 Å². The normalized spacial score (nSPS) is 10.6. The van der Waals surface area contributed by atoms with E-state index in [2.05, 4.69) is 6.58 Å². The number of rotatable bonds is 5. The van der Waals surface area contributed by atoms with E-state index in [0.29, 0.717) is 5.56 Å². The van der Waals surface area contributed by atoms with Crippen LogP contribution in [-0.2, 0) is 4.79 Å². The van der Waals surface area contributed by atoms with Crippen LogP contribution in [-0.4, -0.2) is 13.1 Å². The summed E-state index contributed by atoms with van der Waals surface area (Å²) in [5.74, 6) is -0.137. The molecule has 0 fully saturated rings. The van der Waals surface area contributed by atoms with Crippen LogP contribution in [0, 0.1) is 5.82 Å². The smallest absolute Gasteiger partial charge is 0.338 e. The fourth-order valence-corrected chi connectivity index (χ4v) is 1.80. The molecule has 0 aliphatic rings. The van der Waals surface area contributed by atoms with Crippen LogP contribution in [0.15, 0.2) is 54.6 Å². The van der Waals surface area contributed by atoms with Crippen LogP contribution in [0.2, 0.25) is 0 Å². The Hall–Kier alpha value is -2.88. The zero-order valence-corrected chi connectivity index (χ0v) is 13.0. The molecule has 0 saturated heterocycles. The number of halogens is 1. The molecule has 0 amide bonds. The van der Waals surface area contributed by atoms with Crippen molar-refractivity contribution in [2.45, 2.75) is 6.92 Å². The molecule has 2 rings (SSSR count). The van der Waals surface area contributed by atoms with Crippen molar-refractivity contribution in [1.29, 1.82) is 0 Å². The average molecular weight is 312 g/mol. The van der Waals surface area contributed by atoms with Gasteiger partial charge in [0.1, 0.15) is 17.3 Å². The summed E-state index contributed by atoms with van der Waals surface area (Å²) in [6.07, 6.45) is 3.44. The minimum atomic E-state index is -0.578. The zero-order chi connectivity index (χ0) is 16.8. The summed E-state index contributed by atoms with van der Waals surface area (Å²) in [7, 11) is 1.60. The van der Waals surface area contributed by atoms with E-state index >= 15 is 0 Å². The topological polar surface area (TPSA) is 35.5 Å². The second-order valence-corrected chi connectivity index (χ2v) is 4.96. The van der Waals surface area contributed by atoms with Crippen LogP contribution in [0.3, 0.4) is 0 Å². The molecule has 0 aliphatic heterocycles. The van der Waals surface area contributed by atoms with Crippen molar-refractivity contribution in [3.8, 4) is 11.5 Å². The summed E-state index contributed by atoms with van der Waals surface area (Å²) in [5, 5.41) is 0. The van der Waals surface area contributed by atoms with Gasteiger partial charge >= 0.3 is 5.97 Å². The summed E-state index contributed by atoms with van der Waals surface area (Å²) < 4.78 is 24.1. The van der Waals surface area contributed by atoms with Crippen LogP contribution in [0.1, 0.15) is 18.1 Å². The summed E-state index contributed by atoms with van der Waals surface area (Å²) in [5.41, 5.74) is 1.58. The van der Waals surface area contributed by atoms with Gasteiger partial charge in [0.15, 0.2) is 0 Å². The fourth-order valence-electron chi connectivity index (χ4n) is 1.80. The number of carbonyl (C=O) groups is 1. The Morgan fingerprint density at radius 3 is 2.30 bits per heavy atom. The molecule has 2 aromatic carbocycles. The molecule has 0 heterocycles. The predicted octanol–water partition coefficient (Wildman–Crippen LogP) is 4.49. The molecule has 0 atom stereocenters. The number of carbonyl (C=O) groups excluding carboxylic acids is 1. The first-order valence-electron chi connectivity index (χ1n) is 6.99. The Balaban J connectivity index is 2.12. The lowest BCUT2D eigenvalue weighted by molar-refractivity contribution is -0.130. The largest absolute Gasteiger partial charge is 0.497 e. The predicted molar refractivity (Wildman–Crippen MR) is 88.8 cm³/mol. The maximum Gasteiger partial charge on any atom is 0.338 e. The van der Waals surface area contributed by atoms with E-state index in [1.165, 1.54) is 19.1 Å². The lowest BCUT2D eigenvalue weighted by Crippen LogP contribution is -2.08.